The van der Waals surface area contributed by atoms with E-state index in [2.05, 4.69) is 36.2 Å². The number of carbonyl (C=O) groups is 1. The maximum atomic E-state index is 12.6. The summed E-state index contributed by atoms with van der Waals surface area (Å²) in [6.45, 7) is 2.03. The maximum absolute atomic E-state index is 12.6. The van der Waals surface area contributed by atoms with Crippen LogP contribution in [0.3, 0.4) is 0 Å². The van der Waals surface area contributed by atoms with Crippen LogP contribution < -0.4 is 10.2 Å². The molecule has 8 nitrogen and oxygen atoms in total. The first-order valence-corrected chi connectivity index (χ1v) is 10.1. The minimum absolute atomic E-state index is 0.219. The number of anilines is 2. The van der Waals surface area contributed by atoms with Crippen molar-refractivity contribution in [3.8, 4) is 17.6 Å². The third-order valence-corrected chi connectivity index (χ3v) is 5.31. The van der Waals surface area contributed by atoms with Crippen LogP contribution in [0.5, 0.6) is 0 Å². The number of H-pyrrole nitrogens is 1. The molecule has 0 atom stereocenters. The van der Waals surface area contributed by atoms with Gasteiger partial charge < -0.3 is 15.2 Å². The van der Waals surface area contributed by atoms with Crippen molar-refractivity contribution >= 4 is 28.4 Å². The molecule has 0 radical (unpaired) electrons. The Morgan fingerprint density at radius 3 is 2.74 bits per heavy atom. The maximum Gasteiger partial charge on any atom is 0.257 e. The third kappa shape index (κ3) is 3.81. The lowest BCUT2D eigenvalue weighted by atomic mass is 10.2. The lowest BCUT2D eigenvalue weighted by Gasteiger charge is -2.16. The number of hydrogen-bond acceptors (Lipinski definition) is 6. The second kappa shape index (κ2) is 7.88. The Labute approximate surface area is 178 Å². The first-order valence-electron chi connectivity index (χ1n) is 10.1. The van der Waals surface area contributed by atoms with Gasteiger partial charge in [0.25, 0.3) is 5.91 Å². The Hall–Kier alpha value is -4.25. The van der Waals surface area contributed by atoms with Crippen molar-refractivity contribution in [2.24, 2.45) is 0 Å². The highest BCUT2D eigenvalue weighted by Crippen LogP contribution is 2.23. The fourth-order valence-electron chi connectivity index (χ4n) is 3.70. The highest BCUT2D eigenvalue weighted by atomic mass is 16.1. The van der Waals surface area contributed by atoms with E-state index in [9.17, 15) is 4.79 Å². The predicted molar refractivity (Wildman–Crippen MR) is 118 cm³/mol. The molecule has 5 rings (SSSR count). The Balaban J connectivity index is 1.34. The Kier molecular flexibility index (Phi) is 4.77. The van der Waals surface area contributed by atoms with E-state index >= 15 is 0 Å². The molecule has 0 bridgehead atoms. The van der Waals surface area contributed by atoms with Crippen molar-refractivity contribution < 1.29 is 4.79 Å². The van der Waals surface area contributed by atoms with Gasteiger partial charge in [-0.15, -0.1) is 0 Å². The van der Waals surface area contributed by atoms with Crippen LogP contribution >= 0.6 is 0 Å². The van der Waals surface area contributed by atoms with Crippen LogP contribution in [0.2, 0.25) is 0 Å². The molecular weight excluding hydrogens is 390 g/mol. The first-order chi connectivity index (χ1) is 15.2. The largest absolute Gasteiger partial charge is 0.357 e. The SMILES string of the molecule is N#Cc1ccnc(-c2nc3ccc(NC(=O)c4ccc(N5CCCC5)nc4)cc3[nH]2)c1. The smallest absolute Gasteiger partial charge is 0.257 e. The molecule has 0 saturated carbocycles. The number of nitriles is 1. The lowest BCUT2D eigenvalue weighted by Crippen LogP contribution is -2.19. The zero-order chi connectivity index (χ0) is 21.2. The van der Waals surface area contributed by atoms with Crippen LogP contribution in [-0.2, 0) is 0 Å². The molecule has 0 spiro atoms. The van der Waals surface area contributed by atoms with Gasteiger partial charge in [0.1, 0.15) is 11.5 Å². The molecule has 1 fully saturated rings. The Morgan fingerprint density at radius 1 is 1.10 bits per heavy atom. The van der Waals surface area contributed by atoms with Gasteiger partial charge in [-0.25, -0.2) is 9.97 Å². The van der Waals surface area contributed by atoms with Crippen LogP contribution in [0.15, 0.2) is 54.9 Å². The van der Waals surface area contributed by atoms with Crippen molar-refractivity contribution in [2.75, 3.05) is 23.3 Å². The summed E-state index contributed by atoms with van der Waals surface area (Å²) in [6.07, 6.45) is 5.56. The van der Waals surface area contributed by atoms with Crippen molar-refractivity contribution in [3.05, 3.63) is 66.0 Å². The van der Waals surface area contributed by atoms with Crippen LogP contribution in [0.1, 0.15) is 28.8 Å². The topological polar surface area (TPSA) is 111 Å². The van der Waals surface area contributed by atoms with Crippen LogP contribution in [0.4, 0.5) is 11.5 Å². The van der Waals surface area contributed by atoms with E-state index in [1.165, 1.54) is 12.8 Å². The van der Waals surface area contributed by atoms with Gasteiger partial charge in [-0.3, -0.25) is 9.78 Å². The molecule has 1 aliphatic heterocycles. The Bertz CT molecular complexity index is 1300. The van der Waals surface area contributed by atoms with Crippen molar-refractivity contribution in [3.63, 3.8) is 0 Å². The summed E-state index contributed by atoms with van der Waals surface area (Å²) in [4.78, 5) is 31.3. The van der Waals surface area contributed by atoms with Gasteiger partial charge in [-0.1, -0.05) is 0 Å². The summed E-state index contributed by atoms with van der Waals surface area (Å²) in [5, 5.41) is 12.0. The predicted octanol–water partition coefficient (Wildman–Crippen LogP) is 3.74. The lowest BCUT2D eigenvalue weighted by molar-refractivity contribution is 0.102. The molecule has 31 heavy (non-hydrogen) atoms. The van der Waals surface area contributed by atoms with Crippen molar-refractivity contribution in [1.82, 2.24) is 19.9 Å². The zero-order valence-electron chi connectivity index (χ0n) is 16.7. The third-order valence-electron chi connectivity index (χ3n) is 5.31. The van der Waals surface area contributed by atoms with Gasteiger partial charge in [0.15, 0.2) is 5.82 Å². The molecule has 1 aromatic carbocycles. The van der Waals surface area contributed by atoms with Gasteiger partial charge in [-0.05, 0) is 55.3 Å². The summed E-state index contributed by atoms with van der Waals surface area (Å²) < 4.78 is 0. The quantitative estimate of drug-likeness (QED) is 0.531. The Morgan fingerprint density at radius 2 is 1.97 bits per heavy atom. The second-order valence-electron chi connectivity index (χ2n) is 7.41. The standard InChI is InChI=1S/C23H19N7O/c24-13-15-7-8-25-20(11-15)22-28-18-5-4-17(12-19(18)29-22)27-23(31)16-3-6-21(26-14-16)30-9-1-2-10-30/h3-8,11-12,14H,1-2,9-10H2,(H,27,31)(H,28,29). The second-order valence-corrected chi connectivity index (χ2v) is 7.41. The molecule has 0 unspecified atom stereocenters. The molecule has 3 aromatic heterocycles. The first kappa shape index (κ1) is 18.8. The minimum Gasteiger partial charge on any atom is -0.357 e. The van der Waals surface area contributed by atoms with E-state index in [-0.39, 0.29) is 5.91 Å². The molecule has 1 aliphatic rings. The monoisotopic (exact) mass is 409 g/mol. The van der Waals surface area contributed by atoms with Crippen molar-refractivity contribution in [1.29, 1.82) is 5.26 Å². The number of benzene rings is 1. The summed E-state index contributed by atoms with van der Waals surface area (Å²) in [5.74, 6) is 1.26. The highest BCUT2D eigenvalue weighted by Gasteiger charge is 2.15. The molecule has 152 valence electrons. The molecule has 4 heterocycles. The number of hydrogen-bond donors (Lipinski definition) is 2. The number of pyridine rings is 2. The molecule has 4 aromatic rings. The number of aromatic nitrogens is 4. The summed E-state index contributed by atoms with van der Waals surface area (Å²) >= 11 is 0. The van der Waals surface area contributed by atoms with Gasteiger partial charge in [0.05, 0.1) is 28.2 Å². The van der Waals surface area contributed by atoms with Crippen molar-refractivity contribution in [2.45, 2.75) is 12.8 Å². The van der Waals surface area contributed by atoms with Crippen LogP contribution in [0, 0.1) is 11.3 Å². The van der Waals surface area contributed by atoms with E-state index in [0.29, 0.717) is 28.3 Å². The normalized spacial score (nSPS) is 13.3. The molecule has 1 amide bonds. The van der Waals surface area contributed by atoms with Gasteiger partial charge in [0.2, 0.25) is 0 Å². The van der Waals surface area contributed by atoms with Crippen LogP contribution in [0.25, 0.3) is 22.6 Å². The number of carbonyl (C=O) groups excluding carboxylic acids is 1. The van der Waals surface area contributed by atoms with Gasteiger partial charge in [-0.2, -0.15) is 5.26 Å². The average molecular weight is 409 g/mol. The number of nitrogens with zero attached hydrogens (tertiary/aromatic N) is 5. The van der Waals surface area contributed by atoms with E-state index in [4.69, 9.17) is 5.26 Å². The number of rotatable bonds is 4. The highest BCUT2D eigenvalue weighted by molar-refractivity contribution is 6.04. The van der Waals surface area contributed by atoms with E-state index in [1.54, 1.807) is 36.7 Å². The minimum atomic E-state index is -0.219. The molecular formula is C23H19N7O. The van der Waals surface area contributed by atoms with E-state index < -0.39 is 0 Å². The molecule has 1 saturated heterocycles. The fraction of sp³-hybridized carbons (Fsp3) is 0.174. The number of fused-ring (bicyclic) bond motifs is 1. The molecule has 8 heteroatoms. The van der Waals surface area contributed by atoms with E-state index in [0.717, 1.165) is 29.9 Å². The fourth-order valence-corrected chi connectivity index (χ4v) is 3.70. The van der Waals surface area contributed by atoms with E-state index in [1.807, 2.05) is 18.2 Å². The zero-order valence-corrected chi connectivity index (χ0v) is 16.7. The number of amides is 1. The van der Waals surface area contributed by atoms with Crippen LogP contribution in [-0.4, -0.2) is 38.9 Å². The average Bonchev–Trinajstić information content (AvgIpc) is 3.49. The summed E-state index contributed by atoms with van der Waals surface area (Å²) in [5.41, 5.74) is 3.77. The van der Waals surface area contributed by atoms with Gasteiger partial charge in [0, 0.05) is 31.2 Å². The molecule has 0 aliphatic carbocycles. The summed E-state index contributed by atoms with van der Waals surface area (Å²) in [6, 6.07) is 14.6. The number of imidazole rings is 1. The number of nitrogens with one attached hydrogen (secondary N) is 2. The summed E-state index contributed by atoms with van der Waals surface area (Å²) in [7, 11) is 0. The van der Waals surface area contributed by atoms with Gasteiger partial charge >= 0.3 is 0 Å². The number of aromatic amines is 1. The molecule has 2 N–H and O–H groups in total.